The molecule has 10 heteroatoms. The number of carbonyl (C=O) groups excluding carboxylic acids is 3. The number of aromatic nitrogens is 1. The van der Waals surface area contributed by atoms with Crippen LogP contribution in [0.2, 0.25) is 0 Å². The highest BCUT2D eigenvalue weighted by Gasteiger charge is 2.19. The number of carbonyl (C=O) groups is 3. The first-order valence-electron chi connectivity index (χ1n) is 9.52. The number of rotatable bonds is 8. The van der Waals surface area contributed by atoms with Crippen molar-refractivity contribution in [3.05, 3.63) is 64.7 Å². The van der Waals surface area contributed by atoms with Gasteiger partial charge >= 0.3 is 11.9 Å². The highest BCUT2D eigenvalue weighted by atomic mass is 32.1. The second-order valence-corrected chi connectivity index (χ2v) is 7.18. The Labute approximate surface area is 188 Å². The lowest BCUT2D eigenvalue weighted by atomic mass is 10.1. The molecular formula is C22H21N3O6S. The van der Waals surface area contributed by atoms with Gasteiger partial charge in [0.1, 0.15) is 11.4 Å². The smallest absolute Gasteiger partial charge is 0.339 e. The first kappa shape index (κ1) is 22.8. The molecule has 0 aliphatic heterocycles. The second-order valence-electron chi connectivity index (χ2n) is 6.32. The summed E-state index contributed by atoms with van der Waals surface area (Å²) in [6.07, 6.45) is 0. The standard InChI is InChI=1S/C22H21N3O6S/c1-4-31-15-8-6-14(7-9-15)23-22-25-18(12-32-22)19(26)24-17-11-13(20(27)29-2)5-10-16(17)21(28)30-3/h5-12H,4H2,1-3H3,(H,23,25)(H,24,26). The normalized spacial score (nSPS) is 10.2. The van der Waals surface area contributed by atoms with Crippen LogP contribution in [0.1, 0.15) is 38.1 Å². The Hall–Kier alpha value is -3.92. The largest absolute Gasteiger partial charge is 0.494 e. The van der Waals surface area contributed by atoms with Crippen molar-refractivity contribution >= 4 is 45.7 Å². The Kier molecular flexibility index (Phi) is 7.40. The van der Waals surface area contributed by atoms with Gasteiger partial charge in [-0.25, -0.2) is 14.6 Å². The number of nitrogens with zero attached hydrogens (tertiary/aromatic N) is 1. The SMILES string of the molecule is CCOc1ccc(Nc2nc(C(=O)Nc3cc(C(=O)OC)ccc3C(=O)OC)cs2)cc1. The summed E-state index contributed by atoms with van der Waals surface area (Å²) in [7, 11) is 2.46. The Morgan fingerprint density at radius 3 is 2.38 bits per heavy atom. The third-order valence-electron chi connectivity index (χ3n) is 4.25. The molecule has 0 atom stereocenters. The van der Waals surface area contributed by atoms with Gasteiger partial charge in [0.2, 0.25) is 0 Å². The topological polar surface area (TPSA) is 116 Å². The number of nitrogens with one attached hydrogen (secondary N) is 2. The summed E-state index contributed by atoms with van der Waals surface area (Å²) in [5.41, 5.74) is 1.30. The van der Waals surface area contributed by atoms with Crippen LogP contribution in [0.5, 0.6) is 5.75 Å². The zero-order valence-electron chi connectivity index (χ0n) is 17.6. The quantitative estimate of drug-likeness (QED) is 0.488. The Morgan fingerprint density at radius 2 is 1.72 bits per heavy atom. The van der Waals surface area contributed by atoms with Gasteiger partial charge in [-0.1, -0.05) is 0 Å². The molecule has 0 unspecified atom stereocenters. The van der Waals surface area contributed by atoms with Gasteiger partial charge in [0, 0.05) is 11.1 Å². The molecule has 166 valence electrons. The molecule has 3 rings (SSSR count). The molecule has 0 radical (unpaired) electrons. The highest BCUT2D eigenvalue weighted by molar-refractivity contribution is 7.14. The molecule has 0 saturated heterocycles. The molecule has 1 aromatic heterocycles. The Balaban J connectivity index is 1.76. The average Bonchev–Trinajstić information content (AvgIpc) is 3.28. The van der Waals surface area contributed by atoms with Crippen molar-refractivity contribution in [3.63, 3.8) is 0 Å². The number of ether oxygens (including phenoxy) is 3. The molecular weight excluding hydrogens is 434 g/mol. The van der Waals surface area contributed by atoms with E-state index in [1.54, 1.807) is 5.38 Å². The van der Waals surface area contributed by atoms with Gasteiger partial charge in [-0.15, -0.1) is 11.3 Å². The fourth-order valence-electron chi connectivity index (χ4n) is 2.73. The zero-order valence-corrected chi connectivity index (χ0v) is 18.4. The first-order chi connectivity index (χ1) is 15.4. The number of thiazole rings is 1. The number of hydrogen-bond acceptors (Lipinski definition) is 9. The molecule has 9 nitrogen and oxygen atoms in total. The zero-order chi connectivity index (χ0) is 23.1. The lowest BCUT2D eigenvalue weighted by molar-refractivity contribution is 0.0587. The second kappa shape index (κ2) is 10.4. The molecule has 1 heterocycles. The summed E-state index contributed by atoms with van der Waals surface area (Å²) in [6, 6.07) is 11.5. The van der Waals surface area contributed by atoms with Crippen molar-refractivity contribution < 1.29 is 28.6 Å². The van der Waals surface area contributed by atoms with Gasteiger partial charge in [0.15, 0.2) is 5.13 Å². The van der Waals surface area contributed by atoms with Crippen molar-refractivity contribution in [2.24, 2.45) is 0 Å². The van der Waals surface area contributed by atoms with Gasteiger partial charge in [0.25, 0.3) is 5.91 Å². The number of anilines is 3. The van der Waals surface area contributed by atoms with Crippen molar-refractivity contribution in [3.8, 4) is 5.75 Å². The summed E-state index contributed by atoms with van der Waals surface area (Å²) in [5, 5.41) is 7.82. The minimum atomic E-state index is -0.659. The van der Waals surface area contributed by atoms with Crippen molar-refractivity contribution in [1.29, 1.82) is 0 Å². The summed E-state index contributed by atoms with van der Waals surface area (Å²) < 4.78 is 14.9. The van der Waals surface area contributed by atoms with E-state index in [1.807, 2.05) is 31.2 Å². The monoisotopic (exact) mass is 455 g/mol. The molecule has 0 aliphatic carbocycles. The van der Waals surface area contributed by atoms with Crippen LogP contribution in [0.3, 0.4) is 0 Å². The predicted molar refractivity (Wildman–Crippen MR) is 120 cm³/mol. The third-order valence-corrected chi connectivity index (χ3v) is 5.01. The van der Waals surface area contributed by atoms with E-state index in [0.29, 0.717) is 11.7 Å². The summed E-state index contributed by atoms with van der Waals surface area (Å²) in [6.45, 7) is 2.49. The Bertz CT molecular complexity index is 1130. The molecule has 1 amide bonds. The predicted octanol–water partition coefficient (Wildman–Crippen LogP) is 4.11. The maximum absolute atomic E-state index is 12.7. The van der Waals surface area contributed by atoms with E-state index >= 15 is 0 Å². The maximum atomic E-state index is 12.7. The Morgan fingerprint density at radius 1 is 1.00 bits per heavy atom. The lowest BCUT2D eigenvalue weighted by Gasteiger charge is -2.10. The molecule has 2 N–H and O–H groups in total. The first-order valence-corrected chi connectivity index (χ1v) is 10.4. The highest BCUT2D eigenvalue weighted by Crippen LogP contribution is 2.25. The van der Waals surface area contributed by atoms with Gasteiger partial charge in [-0.3, -0.25) is 4.79 Å². The molecule has 0 bridgehead atoms. The van der Waals surface area contributed by atoms with E-state index in [9.17, 15) is 14.4 Å². The van der Waals surface area contributed by atoms with Gasteiger partial charge < -0.3 is 24.8 Å². The van der Waals surface area contributed by atoms with Crippen LogP contribution >= 0.6 is 11.3 Å². The molecule has 0 saturated carbocycles. The van der Waals surface area contributed by atoms with Gasteiger partial charge in [-0.2, -0.15) is 0 Å². The van der Waals surface area contributed by atoms with Crippen molar-refractivity contribution in [2.75, 3.05) is 31.5 Å². The summed E-state index contributed by atoms with van der Waals surface area (Å²) in [4.78, 5) is 40.9. The van der Waals surface area contributed by atoms with Gasteiger partial charge in [0.05, 0.1) is 37.6 Å². The number of hydrogen-bond donors (Lipinski definition) is 2. The fraction of sp³-hybridized carbons (Fsp3) is 0.182. The van der Waals surface area contributed by atoms with E-state index in [4.69, 9.17) is 14.2 Å². The van der Waals surface area contributed by atoms with Crippen molar-refractivity contribution in [1.82, 2.24) is 4.98 Å². The molecule has 32 heavy (non-hydrogen) atoms. The molecule has 0 spiro atoms. The van der Waals surface area contributed by atoms with Crippen molar-refractivity contribution in [2.45, 2.75) is 6.92 Å². The van der Waals surface area contributed by atoms with E-state index in [1.165, 1.54) is 43.8 Å². The van der Waals surface area contributed by atoms with E-state index in [2.05, 4.69) is 15.6 Å². The van der Waals surface area contributed by atoms with Gasteiger partial charge in [-0.05, 0) is 49.4 Å². The van der Waals surface area contributed by atoms with E-state index < -0.39 is 17.8 Å². The number of methoxy groups -OCH3 is 2. The molecule has 3 aromatic rings. The van der Waals surface area contributed by atoms with Crippen LogP contribution in [0.15, 0.2) is 47.8 Å². The van der Waals surface area contributed by atoms with Crippen LogP contribution < -0.4 is 15.4 Å². The van der Waals surface area contributed by atoms with Crippen LogP contribution in [-0.4, -0.2) is 43.7 Å². The van der Waals surface area contributed by atoms with Crippen LogP contribution in [0, 0.1) is 0 Å². The number of benzene rings is 2. The summed E-state index contributed by atoms with van der Waals surface area (Å²) in [5.74, 6) is -1.05. The minimum Gasteiger partial charge on any atom is -0.494 e. The molecule has 0 fully saturated rings. The van der Waals surface area contributed by atoms with Crippen LogP contribution in [-0.2, 0) is 9.47 Å². The average molecular weight is 455 g/mol. The number of amides is 1. The minimum absolute atomic E-state index is 0.0940. The van der Waals surface area contributed by atoms with E-state index in [-0.39, 0.29) is 22.5 Å². The fourth-order valence-corrected chi connectivity index (χ4v) is 3.44. The summed E-state index contributed by atoms with van der Waals surface area (Å²) >= 11 is 1.24. The molecule has 0 aliphatic rings. The third kappa shape index (κ3) is 5.41. The molecule has 2 aromatic carbocycles. The van der Waals surface area contributed by atoms with E-state index in [0.717, 1.165) is 11.4 Å². The maximum Gasteiger partial charge on any atom is 0.339 e. The lowest BCUT2D eigenvalue weighted by Crippen LogP contribution is -2.17. The number of esters is 2. The van der Waals surface area contributed by atoms with Crippen LogP contribution in [0.25, 0.3) is 0 Å². The van der Waals surface area contributed by atoms with Crippen LogP contribution in [0.4, 0.5) is 16.5 Å².